The summed E-state index contributed by atoms with van der Waals surface area (Å²) in [5.41, 5.74) is 1.83. The Balaban J connectivity index is 1.64. The van der Waals surface area contributed by atoms with E-state index >= 15 is 0 Å². The van der Waals surface area contributed by atoms with E-state index in [2.05, 4.69) is 20.5 Å². The lowest BCUT2D eigenvalue weighted by molar-refractivity contribution is 0.151. The first-order valence-electron chi connectivity index (χ1n) is 7.81. The lowest BCUT2D eigenvalue weighted by atomic mass is 9.98. The van der Waals surface area contributed by atoms with Gasteiger partial charge in [0.15, 0.2) is 0 Å². The summed E-state index contributed by atoms with van der Waals surface area (Å²) in [6.45, 7) is 1.14. The van der Waals surface area contributed by atoms with Crippen molar-refractivity contribution in [1.82, 2.24) is 25.4 Å². The molecular weight excluding hydrogens is 294 g/mol. The highest BCUT2D eigenvalue weighted by Crippen LogP contribution is 2.30. The molecule has 3 rings (SSSR count). The zero-order valence-electron chi connectivity index (χ0n) is 13.2. The first-order chi connectivity index (χ1) is 11.3. The summed E-state index contributed by atoms with van der Waals surface area (Å²) < 4.78 is 5.10. The van der Waals surface area contributed by atoms with Crippen LogP contribution in [0.15, 0.2) is 30.6 Å². The van der Waals surface area contributed by atoms with Crippen molar-refractivity contribution in [2.45, 2.75) is 31.8 Å². The van der Waals surface area contributed by atoms with Crippen LogP contribution in [0.1, 0.15) is 36.6 Å². The van der Waals surface area contributed by atoms with Gasteiger partial charge in [-0.05, 0) is 25.3 Å². The minimum Gasteiger partial charge on any atom is -0.481 e. The number of methoxy groups -OCH3 is 1. The van der Waals surface area contributed by atoms with Gasteiger partial charge in [0, 0.05) is 24.4 Å². The van der Waals surface area contributed by atoms with Crippen molar-refractivity contribution in [2.24, 2.45) is 0 Å². The fourth-order valence-electron chi connectivity index (χ4n) is 2.90. The summed E-state index contributed by atoms with van der Waals surface area (Å²) in [5, 5.41) is 9.77. The number of piperidine rings is 1. The van der Waals surface area contributed by atoms with E-state index in [0.717, 1.165) is 37.1 Å². The lowest BCUT2D eigenvalue weighted by Gasteiger charge is -2.35. The SMILES string of the molecule is COc1cccc(CNC(=O)N2CCCC[C@H]2c2cn[nH]c2)n1. The topological polar surface area (TPSA) is 83.1 Å². The number of urea groups is 1. The number of H-pyrrole nitrogens is 1. The van der Waals surface area contributed by atoms with Crippen molar-refractivity contribution < 1.29 is 9.53 Å². The predicted octanol–water partition coefficient (Wildman–Crippen LogP) is 2.25. The number of hydrogen-bond donors (Lipinski definition) is 2. The number of pyridine rings is 1. The van der Waals surface area contributed by atoms with Gasteiger partial charge in [0.2, 0.25) is 5.88 Å². The lowest BCUT2D eigenvalue weighted by Crippen LogP contribution is -2.44. The van der Waals surface area contributed by atoms with E-state index in [9.17, 15) is 4.79 Å². The second kappa shape index (κ2) is 7.13. The number of hydrogen-bond acceptors (Lipinski definition) is 4. The second-order valence-electron chi connectivity index (χ2n) is 5.57. The Labute approximate surface area is 135 Å². The molecule has 122 valence electrons. The molecule has 0 aliphatic carbocycles. The van der Waals surface area contributed by atoms with Gasteiger partial charge in [-0.1, -0.05) is 6.07 Å². The zero-order chi connectivity index (χ0) is 16.1. The molecule has 0 unspecified atom stereocenters. The second-order valence-corrected chi connectivity index (χ2v) is 5.57. The monoisotopic (exact) mass is 315 g/mol. The number of nitrogens with one attached hydrogen (secondary N) is 2. The van der Waals surface area contributed by atoms with Crippen LogP contribution in [-0.2, 0) is 6.54 Å². The first-order valence-corrected chi connectivity index (χ1v) is 7.81. The van der Waals surface area contributed by atoms with Crippen LogP contribution < -0.4 is 10.1 Å². The number of likely N-dealkylation sites (tertiary alicyclic amines) is 1. The average Bonchev–Trinajstić information content (AvgIpc) is 3.14. The fraction of sp³-hybridized carbons (Fsp3) is 0.438. The van der Waals surface area contributed by atoms with Crippen LogP contribution in [0.3, 0.4) is 0 Å². The van der Waals surface area contributed by atoms with Crippen molar-refractivity contribution in [3.05, 3.63) is 41.9 Å². The van der Waals surface area contributed by atoms with Crippen LogP contribution in [0.4, 0.5) is 4.79 Å². The molecule has 0 radical (unpaired) electrons. The number of amides is 2. The van der Waals surface area contributed by atoms with Crippen LogP contribution in [-0.4, -0.2) is 39.8 Å². The number of aromatic nitrogens is 3. The Bertz CT molecular complexity index is 644. The number of ether oxygens (including phenoxy) is 1. The van der Waals surface area contributed by atoms with E-state index in [0.29, 0.717) is 12.4 Å². The molecule has 2 amide bonds. The van der Waals surface area contributed by atoms with Gasteiger partial charge in [-0.15, -0.1) is 0 Å². The molecule has 1 fully saturated rings. The Morgan fingerprint density at radius 3 is 3.17 bits per heavy atom. The molecule has 1 aliphatic heterocycles. The number of rotatable bonds is 4. The minimum atomic E-state index is -0.0690. The summed E-state index contributed by atoms with van der Waals surface area (Å²) in [5.74, 6) is 0.547. The predicted molar refractivity (Wildman–Crippen MR) is 84.9 cm³/mol. The van der Waals surface area contributed by atoms with E-state index < -0.39 is 0 Å². The summed E-state index contributed by atoms with van der Waals surface area (Å²) >= 11 is 0. The molecule has 0 aromatic carbocycles. The third kappa shape index (κ3) is 3.61. The van der Waals surface area contributed by atoms with Crippen molar-refractivity contribution in [3.63, 3.8) is 0 Å². The molecule has 1 atom stereocenters. The van der Waals surface area contributed by atoms with Gasteiger partial charge in [-0.25, -0.2) is 9.78 Å². The summed E-state index contributed by atoms with van der Waals surface area (Å²) in [4.78, 5) is 18.7. The molecule has 1 saturated heterocycles. The molecule has 7 heteroatoms. The number of aromatic amines is 1. The Kier molecular flexibility index (Phi) is 4.75. The van der Waals surface area contributed by atoms with Gasteiger partial charge < -0.3 is 15.0 Å². The van der Waals surface area contributed by atoms with Crippen LogP contribution >= 0.6 is 0 Å². The molecule has 7 nitrogen and oxygen atoms in total. The maximum absolute atomic E-state index is 12.6. The van der Waals surface area contributed by atoms with E-state index in [1.54, 1.807) is 19.4 Å². The largest absolute Gasteiger partial charge is 0.481 e. The standard InChI is InChI=1S/C16H21N5O2/c1-23-15-7-4-5-13(20-15)11-17-16(22)21-8-3-2-6-14(21)12-9-18-19-10-12/h4-5,7,9-10,14H,2-3,6,8,11H2,1H3,(H,17,22)(H,18,19)/t14-/m0/s1. The fourth-order valence-corrected chi connectivity index (χ4v) is 2.90. The van der Waals surface area contributed by atoms with Crippen LogP contribution in [0, 0.1) is 0 Å². The van der Waals surface area contributed by atoms with Gasteiger partial charge in [-0.3, -0.25) is 5.10 Å². The van der Waals surface area contributed by atoms with Gasteiger partial charge in [0.1, 0.15) is 0 Å². The van der Waals surface area contributed by atoms with Gasteiger partial charge >= 0.3 is 6.03 Å². The Hall–Kier alpha value is -2.57. The smallest absolute Gasteiger partial charge is 0.318 e. The number of carbonyl (C=O) groups excluding carboxylic acids is 1. The molecule has 0 spiro atoms. The van der Waals surface area contributed by atoms with Gasteiger partial charge in [0.05, 0.1) is 31.6 Å². The molecule has 2 N–H and O–H groups in total. The molecule has 3 heterocycles. The Morgan fingerprint density at radius 2 is 2.39 bits per heavy atom. The summed E-state index contributed by atoms with van der Waals surface area (Å²) in [6.07, 6.45) is 6.76. The highest BCUT2D eigenvalue weighted by atomic mass is 16.5. The molecular formula is C16H21N5O2. The maximum atomic E-state index is 12.6. The number of nitrogens with zero attached hydrogens (tertiary/aromatic N) is 3. The van der Waals surface area contributed by atoms with E-state index in [4.69, 9.17) is 4.74 Å². The van der Waals surface area contributed by atoms with Crippen molar-refractivity contribution in [3.8, 4) is 5.88 Å². The van der Waals surface area contributed by atoms with E-state index in [-0.39, 0.29) is 12.1 Å². The third-order valence-corrected chi connectivity index (χ3v) is 4.08. The van der Waals surface area contributed by atoms with Crippen LogP contribution in [0.25, 0.3) is 0 Å². The minimum absolute atomic E-state index is 0.0690. The highest BCUT2D eigenvalue weighted by Gasteiger charge is 2.28. The van der Waals surface area contributed by atoms with E-state index in [1.165, 1.54) is 0 Å². The molecule has 23 heavy (non-hydrogen) atoms. The molecule has 0 bridgehead atoms. The van der Waals surface area contributed by atoms with E-state index in [1.807, 2.05) is 23.2 Å². The average molecular weight is 315 g/mol. The van der Waals surface area contributed by atoms with Crippen LogP contribution in [0.2, 0.25) is 0 Å². The van der Waals surface area contributed by atoms with Crippen molar-refractivity contribution in [2.75, 3.05) is 13.7 Å². The van der Waals surface area contributed by atoms with Crippen molar-refractivity contribution >= 4 is 6.03 Å². The quantitative estimate of drug-likeness (QED) is 0.906. The zero-order valence-corrected chi connectivity index (χ0v) is 13.2. The summed E-state index contributed by atoms with van der Waals surface area (Å²) in [6, 6.07) is 5.53. The molecule has 2 aromatic rings. The maximum Gasteiger partial charge on any atom is 0.318 e. The summed E-state index contributed by atoms with van der Waals surface area (Å²) in [7, 11) is 1.58. The van der Waals surface area contributed by atoms with Gasteiger partial charge in [-0.2, -0.15) is 5.10 Å². The highest BCUT2D eigenvalue weighted by molar-refractivity contribution is 5.74. The van der Waals surface area contributed by atoms with Gasteiger partial charge in [0.25, 0.3) is 0 Å². The Morgan fingerprint density at radius 1 is 1.48 bits per heavy atom. The molecule has 0 saturated carbocycles. The first kappa shape index (κ1) is 15.3. The molecule has 2 aromatic heterocycles. The number of carbonyl (C=O) groups is 1. The molecule has 1 aliphatic rings. The normalized spacial score (nSPS) is 17.8. The van der Waals surface area contributed by atoms with Crippen molar-refractivity contribution in [1.29, 1.82) is 0 Å². The third-order valence-electron chi connectivity index (χ3n) is 4.08. The van der Waals surface area contributed by atoms with Crippen LogP contribution in [0.5, 0.6) is 5.88 Å².